The van der Waals surface area contributed by atoms with Gasteiger partial charge in [0.15, 0.2) is 5.96 Å². The van der Waals surface area contributed by atoms with Crippen molar-refractivity contribution in [2.75, 3.05) is 24.2 Å². The smallest absolute Gasteiger partial charge is 0.327 e. The minimum atomic E-state index is -0.141. The van der Waals surface area contributed by atoms with E-state index >= 15 is 0 Å². The van der Waals surface area contributed by atoms with Gasteiger partial charge in [0.25, 0.3) is 0 Å². The molecule has 7 N–H and O–H groups in total. The molecular weight excluding hydrogens is 362 g/mol. The Balaban J connectivity index is 1.55. The monoisotopic (exact) mass is 387 g/mol. The number of thioether (sulfide) groups is 1. The first kappa shape index (κ1) is 19.1. The molecule has 0 fully saturated rings. The molecule has 0 saturated carbocycles. The van der Waals surface area contributed by atoms with E-state index in [1.54, 1.807) is 16.7 Å². The molecule has 0 radical (unpaired) electrons. The third-order valence-electron chi connectivity index (χ3n) is 4.25. The van der Waals surface area contributed by atoms with Crippen LogP contribution in [-0.4, -0.2) is 37.5 Å². The number of amides is 2. The first-order valence-electron chi connectivity index (χ1n) is 8.75. The van der Waals surface area contributed by atoms with Crippen molar-refractivity contribution < 1.29 is 4.79 Å². The summed E-state index contributed by atoms with van der Waals surface area (Å²) < 4.78 is 0. The van der Waals surface area contributed by atoms with Gasteiger partial charge in [-0.1, -0.05) is 12.1 Å². The van der Waals surface area contributed by atoms with Crippen LogP contribution in [0.5, 0.6) is 0 Å². The first-order valence-corrected chi connectivity index (χ1v) is 9.98. The second-order valence-electron chi connectivity index (χ2n) is 6.24. The summed E-state index contributed by atoms with van der Waals surface area (Å²) in [5, 5.41) is 10.6. The van der Waals surface area contributed by atoms with E-state index in [1.165, 1.54) is 0 Å². The molecular formula is C18H25N7OS. The highest BCUT2D eigenvalue weighted by molar-refractivity contribution is 8.02. The Kier molecular flexibility index (Phi) is 6.25. The van der Waals surface area contributed by atoms with E-state index in [0.717, 1.165) is 41.4 Å². The normalized spacial score (nSPS) is 18.2. The average Bonchev–Trinajstić information content (AvgIpc) is 3.06. The zero-order chi connectivity index (χ0) is 19.2. The summed E-state index contributed by atoms with van der Waals surface area (Å²) in [4.78, 5) is 18.0. The van der Waals surface area contributed by atoms with Gasteiger partial charge in [-0.25, -0.2) is 4.79 Å². The highest BCUT2D eigenvalue weighted by Gasteiger charge is 2.30. The minimum absolute atomic E-state index is 0.127. The number of anilines is 1. The number of carbonyl (C=O) groups is 1. The molecule has 8 nitrogen and oxygen atoms in total. The van der Waals surface area contributed by atoms with Crippen LogP contribution in [0.4, 0.5) is 10.5 Å². The summed E-state index contributed by atoms with van der Waals surface area (Å²) >= 11 is 1.63. The van der Waals surface area contributed by atoms with Crippen LogP contribution in [0, 0.1) is 0 Å². The van der Waals surface area contributed by atoms with Crippen LogP contribution in [0.15, 0.2) is 52.1 Å². The topological polar surface area (TPSA) is 121 Å². The number of guanidine groups is 1. The Morgan fingerprint density at radius 2 is 2.07 bits per heavy atom. The summed E-state index contributed by atoms with van der Waals surface area (Å²) in [7, 11) is 0. The maximum absolute atomic E-state index is 12.4. The molecule has 2 heterocycles. The predicted molar refractivity (Wildman–Crippen MR) is 111 cm³/mol. The van der Waals surface area contributed by atoms with E-state index in [0.29, 0.717) is 6.54 Å². The summed E-state index contributed by atoms with van der Waals surface area (Å²) in [5.74, 6) is 0.127. The van der Waals surface area contributed by atoms with Crippen molar-refractivity contribution in [1.29, 1.82) is 0 Å². The molecule has 2 aliphatic rings. The molecule has 144 valence electrons. The van der Waals surface area contributed by atoms with Crippen molar-refractivity contribution in [3.8, 4) is 0 Å². The fourth-order valence-corrected chi connectivity index (χ4v) is 3.35. The van der Waals surface area contributed by atoms with Crippen molar-refractivity contribution in [1.82, 2.24) is 16.0 Å². The highest BCUT2D eigenvalue weighted by Crippen LogP contribution is 2.27. The number of rotatable bonds is 8. The summed E-state index contributed by atoms with van der Waals surface area (Å²) in [5.41, 5.74) is 13.6. The molecule has 1 aromatic carbocycles. The van der Waals surface area contributed by atoms with Crippen molar-refractivity contribution in [3.63, 3.8) is 0 Å². The predicted octanol–water partition coefficient (Wildman–Crippen LogP) is 0.987. The molecule has 2 amide bonds. The zero-order valence-electron chi connectivity index (χ0n) is 15.2. The van der Waals surface area contributed by atoms with Gasteiger partial charge in [-0.2, -0.15) is 0 Å². The van der Waals surface area contributed by atoms with Crippen LogP contribution in [0.1, 0.15) is 12.0 Å². The van der Waals surface area contributed by atoms with Crippen LogP contribution in [-0.2, 0) is 6.54 Å². The Morgan fingerprint density at radius 1 is 1.30 bits per heavy atom. The first-order chi connectivity index (χ1) is 13.1. The molecule has 1 atom stereocenters. The Labute approximate surface area is 163 Å². The van der Waals surface area contributed by atoms with Gasteiger partial charge in [0, 0.05) is 24.9 Å². The Morgan fingerprint density at radius 3 is 2.78 bits per heavy atom. The van der Waals surface area contributed by atoms with E-state index in [2.05, 4.69) is 27.0 Å². The zero-order valence-corrected chi connectivity index (χ0v) is 16.1. The van der Waals surface area contributed by atoms with E-state index in [9.17, 15) is 4.79 Å². The fourth-order valence-electron chi connectivity index (χ4n) is 2.86. The Bertz CT molecular complexity index is 768. The quantitative estimate of drug-likeness (QED) is 0.258. The van der Waals surface area contributed by atoms with Crippen molar-refractivity contribution in [3.05, 3.63) is 52.7 Å². The standard InChI is InChI=1S/C18H25N7OS/c1-27-15-9-13-11-25(18(26)24-16(13)23-15)14-5-3-12(4-6-14)10-21-7-2-8-22-17(19)20/h3-6,9,11,16,21,23H,2,7-8,10H2,1H3,(H,24,26)(H4,19,20,22). The van der Waals surface area contributed by atoms with Crippen molar-refractivity contribution >= 4 is 29.4 Å². The summed E-state index contributed by atoms with van der Waals surface area (Å²) in [6, 6.07) is 7.81. The van der Waals surface area contributed by atoms with Gasteiger partial charge >= 0.3 is 6.03 Å². The largest absolute Gasteiger partial charge is 0.370 e. The molecule has 0 saturated heterocycles. The van der Waals surface area contributed by atoms with Gasteiger partial charge in [0.05, 0.1) is 10.7 Å². The molecule has 2 aliphatic heterocycles. The number of carbonyl (C=O) groups excluding carboxylic acids is 1. The van der Waals surface area contributed by atoms with Crippen LogP contribution in [0.3, 0.4) is 0 Å². The summed E-state index contributed by atoms with van der Waals surface area (Å²) in [6.45, 7) is 2.20. The van der Waals surface area contributed by atoms with E-state index in [1.807, 2.05) is 36.7 Å². The van der Waals surface area contributed by atoms with E-state index in [-0.39, 0.29) is 18.2 Å². The van der Waals surface area contributed by atoms with Crippen molar-refractivity contribution in [2.24, 2.45) is 16.5 Å². The third-order valence-corrected chi connectivity index (χ3v) is 4.93. The van der Waals surface area contributed by atoms with Crippen LogP contribution in [0.2, 0.25) is 0 Å². The molecule has 0 bridgehead atoms. The number of nitrogens with zero attached hydrogens (tertiary/aromatic N) is 2. The second kappa shape index (κ2) is 8.83. The molecule has 0 spiro atoms. The molecule has 27 heavy (non-hydrogen) atoms. The van der Waals surface area contributed by atoms with E-state index < -0.39 is 0 Å². The molecule has 9 heteroatoms. The number of nitrogens with one attached hydrogen (secondary N) is 3. The molecule has 3 rings (SSSR count). The average molecular weight is 388 g/mol. The van der Waals surface area contributed by atoms with E-state index in [4.69, 9.17) is 11.5 Å². The number of hydrogen-bond donors (Lipinski definition) is 5. The van der Waals surface area contributed by atoms with Crippen LogP contribution < -0.4 is 32.3 Å². The number of urea groups is 1. The lowest BCUT2D eigenvalue weighted by Gasteiger charge is -2.29. The number of fused-ring (bicyclic) bond motifs is 1. The lowest BCUT2D eigenvalue weighted by Crippen LogP contribution is -2.51. The summed E-state index contributed by atoms with van der Waals surface area (Å²) in [6.07, 6.45) is 6.68. The van der Waals surface area contributed by atoms with Crippen LogP contribution in [0.25, 0.3) is 0 Å². The van der Waals surface area contributed by atoms with Gasteiger partial charge in [-0.15, -0.1) is 11.8 Å². The number of benzene rings is 1. The fraction of sp³-hybridized carbons (Fsp3) is 0.333. The third kappa shape index (κ3) is 4.95. The SMILES string of the molecule is CSC1=CC2=CN(c3ccc(CNCCCN=C(N)N)cc3)C(=O)NC2N1. The number of nitrogens with two attached hydrogens (primary N) is 2. The maximum atomic E-state index is 12.4. The molecule has 0 aliphatic carbocycles. The van der Waals surface area contributed by atoms with Gasteiger partial charge in [0.2, 0.25) is 0 Å². The van der Waals surface area contributed by atoms with Gasteiger partial charge in [-0.05, 0) is 43.0 Å². The van der Waals surface area contributed by atoms with Crippen molar-refractivity contribution in [2.45, 2.75) is 19.1 Å². The molecule has 0 aromatic heterocycles. The lowest BCUT2D eigenvalue weighted by atomic mass is 10.1. The lowest BCUT2D eigenvalue weighted by molar-refractivity contribution is 0.244. The Hall–Kier alpha value is -2.65. The van der Waals surface area contributed by atoms with Gasteiger partial charge in [0.1, 0.15) is 6.17 Å². The van der Waals surface area contributed by atoms with Gasteiger partial charge in [-0.3, -0.25) is 9.89 Å². The highest BCUT2D eigenvalue weighted by atomic mass is 32.2. The number of aliphatic imine (C=N–C) groups is 1. The minimum Gasteiger partial charge on any atom is -0.370 e. The number of hydrogen-bond acceptors (Lipinski definition) is 5. The van der Waals surface area contributed by atoms with Gasteiger partial charge < -0.3 is 27.4 Å². The molecule has 1 unspecified atom stereocenters. The van der Waals surface area contributed by atoms with Crippen LogP contribution >= 0.6 is 11.8 Å². The second-order valence-corrected chi connectivity index (χ2v) is 7.09. The maximum Gasteiger partial charge on any atom is 0.327 e. The molecule has 1 aromatic rings.